The van der Waals surface area contributed by atoms with Crippen LogP contribution in [0.1, 0.15) is 0 Å². The first kappa shape index (κ1) is 7.10. The van der Waals surface area contributed by atoms with Gasteiger partial charge in [0.05, 0.1) is 0 Å². The molecule has 0 saturated heterocycles. The standard InChI is InChI=1S/C10H7FO/c11-9-6-10(12-7-9)8-4-2-1-3-5-8/h1-7H. The van der Waals surface area contributed by atoms with Crippen molar-refractivity contribution in [2.24, 2.45) is 0 Å². The average molecular weight is 162 g/mol. The van der Waals surface area contributed by atoms with Crippen molar-refractivity contribution in [3.05, 3.63) is 48.5 Å². The summed E-state index contributed by atoms with van der Waals surface area (Å²) < 4.78 is 17.5. The molecular formula is C10H7FO. The summed E-state index contributed by atoms with van der Waals surface area (Å²) in [4.78, 5) is 0. The molecule has 0 aliphatic heterocycles. The van der Waals surface area contributed by atoms with Gasteiger partial charge in [-0.2, -0.15) is 0 Å². The summed E-state index contributed by atoms with van der Waals surface area (Å²) in [6.07, 6.45) is 1.10. The minimum absolute atomic E-state index is 0.339. The second-order valence-electron chi connectivity index (χ2n) is 2.50. The van der Waals surface area contributed by atoms with E-state index in [1.54, 1.807) is 0 Å². The fraction of sp³-hybridized carbons (Fsp3) is 0. The molecule has 1 heterocycles. The van der Waals surface area contributed by atoms with Crippen LogP contribution in [-0.4, -0.2) is 0 Å². The monoisotopic (exact) mass is 162 g/mol. The van der Waals surface area contributed by atoms with Crippen LogP contribution in [0.3, 0.4) is 0 Å². The fourth-order valence-electron chi connectivity index (χ4n) is 1.07. The van der Waals surface area contributed by atoms with Crippen molar-refractivity contribution in [1.82, 2.24) is 0 Å². The van der Waals surface area contributed by atoms with Gasteiger partial charge in [0.15, 0.2) is 5.82 Å². The molecule has 0 aliphatic rings. The third-order valence-electron chi connectivity index (χ3n) is 1.63. The molecule has 0 aliphatic carbocycles. The van der Waals surface area contributed by atoms with Crippen LogP contribution in [0.4, 0.5) is 4.39 Å². The predicted molar refractivity (Wildman–Crippen MR) is 44.1 cm³/mol. The zero-order chi connectivity index (χ0) is 8.39. The van der Waals surface area contributed by atoms with Gasteiger partial charge in [0.2, 0.25) is 0 Å². The number of hydrogen-bond donors (Lipinski definition) is 0. The zero-order valence-electron chi connectivity index (χ0n) is 6.33. The molecule has 0 fully saturated rings. The highest BCUT2D eigenvalue weighted by Crippen LogP contribution is 2.20. The van der Waals surface area contributed by atoms with Gasteiger partial charge < -0.3 is 4.42 Å². The second-order valence-corrected chi connectivity index (χ2v) is 2.50. The van der Waals surface area contributed by atoms with E-state index >= 15 is 0 Å². The molecule has 2 rings (SSSR count). The third-order valence-corrected chi connectivity index (χ3v) is 1.63. The Morgan fingerprint density at radius 2 is 1.83 bits per heavy atom. The van der Waals surface area contributed by atoms with Gasteiger partial charge >= 0.3 is 0 Å². The van der Waals surface area contributed by atoms with Gasteiger partial charge in [0, 0.05) is 11.6 Å². The molecule has 2 aromatic rings. The van der Waals surface area contributed by atoms with E-state index in [0.717, 1.165) is 11.8 Å². The van der Waals surface area contributed by atoms with Crippen LogP contribution in [0.25, 0.3) is 11.3 Å². The maximum atomic E-state index is 12.5. The fourth-order valence-corrected chi connectivity index (χ4v) is 1.07. The van der Waals surface area contributed by atoms with Crippen LogP contribution in [0, 0.1) is 5.82 Å². The Bertz CT molecular complexity index is 364. The molecule has 0 radical (unpaired) electrons. The average Bonchev–Trinajstić information content (AvgIpc) is 2.54. The second kappa shape index (κ2) is 2.81. The van der Waals surface area contributed by atoms with E-state index in [1.807, 2.05) is 30.3 Å². The molecule has 0 N–H and O–H groups in total. The molecule has 0 unspecified atom stereocenters. The minimum atomic E-state index is -0.339. The first-order chi connectivity index (χ1) is 5.86. The maximum absolute atomic E-state index is 12.5. The van der Waals surface area contributed by atoms with E-state index in [4.69, 9.17) is 4.42 Å². The summed E-state index contributed by atoms with van der Waals surface area (Å²) in [5.74, 6) is 0.224. The van der Waals surface area contributed by atoms with Crippen molar-refractivity contribution >= 4 is 0 Å². The van der Waals surface area contributed by atoms with Crippen molar-refractivity contribution in [1.29, 1.82) is 0 Å². The molecule has 0 spiro atoms. The highest BCUT2D eigenvalue weighted by molar-refractivity contribution is 5.56. The SMILES string of the molecule is Fc1coc(-c2ccccc2)c1. The van der Waals surface area contributed by atoms with Crippen LogP contribution < -0.4 is 0 Å². The highest BCUT2D eigenvalue weighted by atomic mass is 19.1. The van der Waals surface area contributed by atoms with Crippen LogP contribution >= 0.6 is 0 Å². The smallest absolute Gasteiger partial charge is 0.161 e. The van der Waals surface area contributed by atoms with Crippen molar-refractivity contribution in [2.45, 2.75) is 0 Å². The minimum Gasteiger partial charge on any atom is -0.461 e. The van der Waals surface area contributed by atoms with E-state index in [0.29, 0.717) is 5.76 Å². The number of rotatable bonds is 1. The van der Waals surface area contributed by atoms with Crippen LogP contribution in [0.2, 0.25) is 0 Å². The van der Waals surface area contributed by atoms with Crippen LogP contribution in [0.5, 0.6) is 0 Å². The third kappa shape index (κ3) is 1.23. The number of hydrogen-bond acceptors (Lipinski definition) is 1. The Morgan fingerprint density at radius 1 is 1.08 bits per heavy atom. The summed E-state index contributed by atoms with van der Waals surface area (Å²) in [5, 5.41) is 0. The van der Waals surface area contributed by atoms with Gasteiger partial charge in [0.25, 0.3) is 0 Å². The van der Waals surface area contributed by atoms with E-state index in [-0.39, 0.29) is 5.82 Å². The lowest BCUT2D eigenvalue weighted by molar-refractivity contribution is 0.541. The van der Waals surface area contributed by atoms with Crippen molar-refractivity contribution < 1.29 is 8.81 Å². The zero-order valence-corrected chi connectivity index (χ0v) is 6.33. The normalized spacial score (nSPS) is 10.1. The molecule has 1 aromatic heterocycles. The van der Waals surface area contributed by atoms with Gasteiger partial charge in [0.1, 0.15) is 12.0 Å². The van der Waals surface area contributed by atoms with Gasteiger partial charge in [-0.05, 0) is 0 Å². The predicted octanol–water partition coefficient (Wildman–Crippen LogP) is 3.09. The first-order valence-corrected chi connectivity index (χ1v) is 3.66. The number of furan rings is 1. The van der Waals surface area contributed by atoms with E-state index in [9.17, 15) is 4.39 Å². The quantitative estimate of drug-likeness (QED) is 0.628. The van der Waals surface area contributed by atoms with Gasteiger partial charge in [-0.1, -0.05) is 30.3 Å². The summed E-state index contributed by atoms with van der Waals surface area (Å²) >= 11 is 0. The lowest BCUT2D eigenvalue weighted by atomic mass is 10.2. The lowest BCUT2D eigenvalue weighted by Crippen LogP contribution is -1.69. The molecule has 0 amide bonds. The Labute approximate surface area is 69.4 Å². The Balaban J connectivity index is 2.45. The summed E-state index contributed by atoms with van der Waals surface area (Å²) in [6, 6.07) is 10.8. The van der Waals surface area contributed by atoms with Crippen molar-refractivity contribution in [2.75, 3.05) is 0 Å². The molecule has 0 saturated carbocycles. The number of benzene rings is 1. The molecule has 2 heteroatoms. The first-order valence-electron chi connectivity index (χ1n) is 3.66. The van der Waals surface area contributed by atoms with Gasteiger partial charge in [-0.15, -0.1) is 0 Å². The van der Waals surface area contributed by atoms with Gasteiger partial charge in [-0.3, -0.25) is 0 Å². The Hall–Kier alpha value is -1.57. The van der Waals surface area contributed by atoms with Crippen molar-refractivity contribution in [3.8, 4) is 11.3 Å². The number of halogens is 1. The molecule has 12 heavy (non-hydrogen) atoms. The van der Waals surface area contributed by atoms with Gasteiger partial charge in [-0.25, -0.2) is 4.39 Å². The van der Waals surface area contributed by atoms with E-state index in [2.05, 4.69) is 0 Å². The lowest BCUT2D eigenvalue weighted by Gasteiger charge is -1.92. The molecule has 1 nitrogen and oxygen atoms in total. The Kier molecular flexibility index (Phi) is 1.67. The highest BCUT2D eigenvalue weighted by Gasteiger charge is 2.01. The molecule has 60 valence electrons. The molecule has 1 aromatic carbocycles. The van der Waals surface area contributed by atoms with Crippen molar-refractivity contribution in [3.63, 3.8) is 0 Å². The van der Waals surface area contributed by atoms with Crippen LogP contribution in [0.15, 0.2) is 47.1 Å². The molecular weight excluding hydrogens is 155 g/mol. The summed E-state index contributed by atoms with van der Waals surface area (Å²) in [6.45, 7) is 0. The summed E-state index contributed by atoms with van der Waals surface area (Å²) in [7, 11) is 0. The largest absolute Gasteiger partial charge is 0.461 e. The molecule has 0 atom stereocenters. The van der Waals surface area contributed by atoms with Crippen LogP contribution in [-0.2, 0) is 0 Å². The van der Waals surface area contributed by atoms with E-state index in [1.165, 1.54) is 6.07 Å². The topological polar surface area (TPSA) is 13.1 Å². The maximum Gasteiger partial charge on any atom is 0.161 e. The molecule has 0 bridgehead atoms. The summed E-state index contributed by atoms with van der Waals surface area (Å²) in [5.41, 5.74) is 0.890. The van der Waals surface area contributed by atoms with E-state index < -0.39 is 0 Å². The Morgan fingerprint density at radius 3 is 2.42 bits per heavy atom.